The van der Waals surface area contributed by atoms with Crippen LogP contribution in [0.5, 0.6) is 11.5 Å². The van der Waals surface area contributed by atoms with Crippen LogP contribution in [0.1, 0.15) is 27.8 Å². The topological polar surface area (TPSA) is 92.5 Å². The number of fused-ring (bicyclic) bond motifs is 1. The van der Waals surface area contributed by atoms with Gasteiger partial charge in [-0.3, -0.25) is 20.4 Å². The Morgan fingerprint density at radius 1 is 1.00 bits per heavy atom. The molecule has 3 N–H and O–H groups in total. The molecule has 0 saturated heterocycles. The number of aromatic amines is 1. The predicted molar refractivity (Wildman–Crippen MR) is 97.4 cm³/mol. The van der Waals surface area contributed by atoms with Crippen molar-refractivity contribution in [1.82, 2.24) is 15.8 Å². The third-order valence-corrected chi connectivity index (χ3v) is 3.79. The van der Waals surface area contributed by atoms with Crippen LogP contribution in [0, 0.1) is 0 Å². The zero-order chi connectivity index (χ0) is 18.5. The second-order valence-electron chi connectivity index (χ2n) is 5.48. The molecule has 0 spiro atoms. The van der Waals surface area contributed by atoms with Crippen molar-refractivity contribution in [3.8, 4) is 11.5 Å². The number of amides is 2. The second-order valence-corrected chi connectivity index (χ2v) is 5.48. The molecule has 7 nitrogen and oxygen atoms in total. The summed E-state index contributed by atoms with van der Waals surface area (Å²) >= 11 is 0. The van der Waals surface area contributed by atoms with Crippen molar-refractivity contribution in [2.24, 2.45) is 0 Å². The van der Waals surface area contributed by atoms with Crippen LogP contribution in [0.15, 0.2) is 48.5 Å². The van der Waals surface area contributed by atoms with Gasteiger partial charge >= 0.3 is 0 Å². The van der Waals surface area contributed by atoms with Crippen LogP contribution < -0.4 is 20.3 Å². The number of hydrogen-bond acceptors (Lipinski definition) is 4. The first-order valence-electron chi connectivity index (χ1n) is 8.11. The molecule has 1 aromatic heterocycles. The van der Waals surface area contributed by atoms with E-state index in [1.165, 1.54) is 7.11 Å². The lowest BCUT2D eigenvalue weighted by molar-refractivity contribution is 0.0844. The summed E-state index contributed by atoms with van der Waals surface area (Å²) in [7, 11) is 1.50. The third kappa shape index (κ3) is 3.61. The van der Waals surface area contributed by atoms with Crippen molar-refractivity contribution in [2.75, 3.05) is 13.7 Å². The molecular formula is C19H19N3O4. The van der Waals surface area contributed by atoms with E-state index < -0.39 is 11.8 Å². The van der Waals surface area contributed by atoms with Gasteiger partial charge in [0.25, 0.3) is 11.8 Å². The summed E-state index contributed by atoms with van der Waals surface area (Å²) in [6, 6.07) is 14.0. The number of aromatic nitrogens is 1. The van der Waals surface area contributed by atoms with Gasteiger partial charge in [0.1, 0.15) is 5.69 Å². The van der Waals surface area contributed by atoms with Crippen molar-refractivity contribution in [2.45, 2.75) is 6.92 Å². The van der Waals surface area contributed by atoms with Crippen molar-refractivity contribution < 1.29 is 19.1 Å². The van der Waals surface area contributed by atoms with Crippen LogP contribution in [0.25, 0.3) is 10.9 Å². The standard InChI is InChI=1S/C19H19N3O4/c1-3-26-16-9-8-13(11-17(16)25-2)18(23)21-22-19(24)15-10-12-6-4-5-7-14(12)20-15/h4-11,20H,3H2,1-2H3,(H,21,23)(H,22,24). The number of para-hydroxylation sites is 1. The summed E-state index contributed by atoms with van der Waals surface area (Å²) in [6.45, 7) is 2.35. The van der Waals surface area contributed by atoms with Gasteiger partial charge in [-0.2, -0.15) is 0 Å². The molecule has 26 heavy (non-hydrogen) atoms. The number of ether oxygens (including phenoxy) is 2. The van der Waals surface area contributed by atoms with E-state index in [-0.39, 0.29) is 0 Å². The van der Waals surface area contributed by atoms with E-state index in [1.54, 1.807) is 24.3 Å². The lowest BCUT2D eigenvalue weighted by atomic mass is 10.2. The quantitative estimate of drug-likeness (QED) is 0.615. The van der Waals surface area contributed by atoms with Crippen molar-refractivity contribution >= 4 is 22.7 Å². The third-order valence-electron chi connectivity index (χ3n) is 3.79. The van der Waals surface area contributed by atoms with Gasteiger partial charge < -0.3 is 14.5 Å². The number of hydrogen-bond donors (Lipinski definition) is 3. The summed E-state index contributed by atoms with van der Waals surface area (Å²) in [5.74, 6) is 0.0957. The Hall–Kier alpha value is -3.48. The van der Waals surface area contributed by atoms with Crippen molar-refractivity contribution in [1.29, 1.82) is 0 Å². The van der Waals surface area contributed by atoms with E-state index in [0.717, 1.165) is 10.9 Å². The first kappa shape index (κ1) is 17.3. The number of rotatable bonds is 5. The van der Waals surface area contributed by atoms with Crippen LogP contribution in [0.3, 0.4) is 0 Å². The number of carbonyl (C=O) groups excluding carboxylic acids is 2. The van der Waals surface area contributed by atoms with E-state index in [9.17, 15) is 9.59 Å². The lowest BCUT2D eigenvalue weighted by Gasteiger charge is -2.11. The lowest BCUT2D eigenvalue weighted by Crippen LogP contribution is -2.41. The number of carbonyl (C=O) groups is 2. The molecule has 3 aromatic rings. The van der Waals surface area contributed by atoms with Gasteiger partial charge in [0.05, 0.1) is 13.7 Å². The molecule has 1 heterocycles. The fraction of sp³-hybridized carbons (Fsp3) is 0.158. The summed E-state index contributed by atoms with van der Waals surface area (Å²) in [5, 5.41) is 0.917. The molecule has 0 saturated carbocycles. The van der Waals surface area contributed by atoms with E-state index >= 15 is 0 Å². The van der Waals surface area contributed by atoms with E-state index in [4.69, 9.17) is 9.47 Å². The minimum atomic E-state index is -0.462. The van der Waals surface area contributed by atoms with Gasteiger partial charge in [0, 0.05) is 16.5 Å². The summed E-state index contributed by atoms with van der Waals surface area (Å²) in [6.07, 6.45) is 0. The van der Waals surface area contributed by atoms with Gasteiger partial charge in [-0.1, -0.05) is 18.2 Å². The molecule has 134 valence electrons. The molecule has 0 aliphatic carbocycles. The van der Waals surface area contributed by atoms with Crippen LogP contribution in [-0.4, -0.2) is 30.5 Å². The molecule has 0 aliphatic heterocycles. The minimum Gasteiger partial charge on any atom is -0.493 e. The maximum absolute atomic E-state index is 12.3. The highest BCUT2D eigenvalue weighted by atomic mass is 16.5. The Bertz CT molecular complexity index is 916. The van der Waals surface area contributed by atoms with Gasteiger partial charge in [-0.15, -0.1) is 0 Å². The van der Waals surface area contributed by atoms with Gasteiger partial charge in [-0.05, 0) is 37.3 Å². The van der Waals surface area contributed by atoms with Crippen LogP contribution >= 0.6 is 0 Å². The Morgan fingerprint density at radius 3 is 2.50 bits per heavy atom. The predicted octanol–water partition coefficient (Wildman–Crippen LogP) is 2.65. The Kier molecular flexibility index (Phi) is 5.07. The maximum atomic E-state index is 12.3. The zero-order valence-corrected chi connectivity index (χ0v) is 14.5. The first-order chi connectivity index (χ1) is 12.6. The molecule has 3 rings (SSSR count). The molecule has 0 aliphatic rings. The summed E-state index contributed by atoms with van der Waals surface area (Å²) < 4.78 is 10.6. The fourth-order valence-corrected chi connectivity index (χ4v) is 2.53. The number of methoxy groups -OCH3 is 1. The average Bonchev–Trinajstić information content (AvgIpc) is 3.10. The molecule has 0 unspecified atom stereocenters. The molecule has 2 aromatic carbocycles. The number of hydrazine groups is 1. The smallest absolute Gasteiger partial charge is 0.286 e. The molecule has 0 radical (unpaired) electrons. The molecule has 0 bridgehead atoms. The Labute approximate surface area is 150 Å². The molecule has 2 amide bonds. The largest absolute Gasteiger partial charge is 0.493 e. The normalized spacial score (nSPS) is 10.4. The fourth-order valence-electron chi connectivity index (χ4n) is 2.53. The van der Waals surface area contributed by atoms with Gasteiger partial charge in [0.15, 0.2) is 11.5 Å². The van der Waals surface area contributed by atoms with Crippen molar-refractivity contribution in [3.63, 3.8) is 0 Å². The highest BCUT2D eigenvalue weighted by Gasteiger charge is 2.13. The Morgan fingerprint density at radius 2 is 1.77 bits per heavy atom. The summed E-state index contributed by atoms with van der Waals surface area (Å²) in [4.78, 5) is 27.5. The first-order valence-corrected chi connectivity index (χ1v) is 8.11. The molecule has 7 heteroatoms. The SMILES string of the molecule is CCOc1ccc(C(=O)NNC(=O)c2cc3ccccc3[nH]2)cc1OC. The molecular weight excluding hydrogens is 334 g/mol. The van der Waals surface area contributed by atoms with Gasteiger partial charge in [0.2, 0.25) is 0 Å². The molecule has 0 atom stereocenters. The number of benzene rings is 2. The monoisotopic (exact) mass is 353 g/mol. The Balaban J connectivity index is 1.67. The van der Waals surface area contributed by atoms with Crippen LogP contribution in [-0.2, 0) is 0 Å². The van der Waals surface area contributed by atoms with E-state index in [2.05, 4.69) is 15.8 Å². The van der Waals surface area contributed by atoms with Crippen LogP contribution in [0.4, 0.5) is 0 Å². The van der Waals surface area contributed by atoms with Gasteiger partial charge in [-0.25, -0.2) is 0 Å². The number of nitrogens with one attached hydrogen (secondary N) is 3. The minimum absolute atomic E-state index is 0.335. The highest BCUT2D eigenvalue weighted by Crippen LogP contribution is 2.27. The van der Waals surface area contributed by atoms with Crippen LogP contribution in [0.2, 0.25) is 0 Å². The second kappa shape index (κ2) is 7.60. The average molecular weight is 353 g/mol. The molecule has 0 fully saturated rings. The van der Waals surface area contributed by atoms with E-state index in [1.807, 2.05) is 31.2 Å². The van der Waals surface area contributed by atoms with E-state index in [0.29, 0.717) is 29.4 Å². The maximum Gasteiger partial charge on any atom is 0.286 e. The zero-order valence-electron chi connectivity index (χ0n) is 14.5. The van der Waals surface area contributed by atoms with Crippen molar-refractivity contribution in [3.05, 3.63) is 59.8 Å². The summed E-state index contributed by atoms with van der Waals surface area (Å²) in [5.41, 5.74) is 6.32. The highest BCUT2D eigenvalue weighted by molar-refractivity contribution is 6.01. The number of H-pyrrole nitrogens is 1.